The van der Waals surface area contributed by atoms with E-state index in [4.69, 9.17) is 10.6 Å². The van der Waals surface area contributed by atoms with E-state index in [9.17, 15) is 4.79 Å². The Morgan fingerprint density at radius 3 is 2.80 bits per heavy atom. The van der Waals surface area contributed by atoms with E-state index in [2.05, 4.69) is 15.4 Å². The molecule has 0 bridgehead atoms. The smallest absolute Gasteiger partial charge is 0.244 e. The molecule has 0 radical (unpaired) electrons. The minimum absolute atomic E-state index is 0.192. The number of hydrogen-bond acceptors (Lipinski definition) is 6. The normalized spacial score (nSPS) is 10.1. The summed E-state index contributed by atoms with van der Waals surface area (Å²) in [6.45, 7) is 2.01. The van der Waals surface area contributed by atoms with Gasteiger partial charge >= 0.3 is 0 Å². The molecule has 1 amide bonds. The summed E-state index contributed by atoms with van der Waals surface area (Å²) in [5.41, 5.74) is 3.22. The van der Waals surface area contributed by atoms with Gasteiger partial charge in [-0.3, -0.25) is 10.2 Å². The predicted octanol–water partition coefficient (Wildman–Crippen LogP) is 1.66. The van der Waals surface area contributed by atoms with E-state index in [1.165, 1.54) is 18.1 Å². The number of benzene rings is 1. The maximum absolute atomic E-state index is 11.1. The van der Waals surface area contributed by atoms with E-state index in [0.29, 0.717) is 16.7 Å². The summed E-state index contributed by atoms with van der Waals surface area (Å²) in [6, 6.07) is 9.32. The molecule has 1 heterocycles. The van der Waals surface area contributed by atoms with Crippen molar-refractivity contribution < 1.29 is 9.53 Å². The Morgan fingerprint density at radius 1 is 1.35 bits per heavy atom. The summed E-state index contributed by atoms with van der Waals surface area (Å²) in [5.74, 6) is 6.06. The molecule has 3 N–H and O–H groups in total. The zero-order valence-electron chi connectivity index (χ0n) is 10.9. The number of nitrogens with two attached hydrogens (primary N) is 1. The molecule has 0 aliphatic rings. The van der Waals surface area contributed by atoms with Gasteiger partial charge in [0.15, 0.2) is 0 Å². The van der Waals surface area contributed by atoms with E-state index in [1.807, 2.05) is 31.2 Å². The lowest BCUT2D eigenvalue weighted by Crippen LogP contribution is -2.31. The molecule has 0 fully saturated rings. The van der Waals surface area contributed by atoms with E-state index in [-0.39, 0.29) is 11.7 Å². The second kappa shape index (κ2) is 6.88. The van der Waals surface area contributed by atoms with Crippen LogP contribution in [0.2, 0.25) is 0 Å². The summed E-state index contributed by atoms with van der Waals surface area (Å²) in [7, 11) is 0. The Morgan fingerprint density at radius 2 is 2.10 bits per heavy atom. The fraction of sp³-hybridized carbons (Fsp3) is 0.154. The lowest BCUT2D eigenvalue weighted by atomic mass is 10.2. The average molecular weight is 290 g/mol. The van der Waals surface area contributed by atoms with Crippen molar-refractivity contribution >= 4 is 17.7 Å². The first-order chi connectivity index (χ1) is 9.67. The van der Waals surface area contributed by atoms with Crippen LogP contribution in [0.4, 0.5) is 0 Å². The van der Waals surface area contributed by atoms with E-state index in [1.54, 1.807) is 6.07 Å². The maximum Gasteiger partial charge on any atom is 0.244 e. The highest BCUT2D eigenvalue weighted by molar-refractivity contribution is 7.99. The third-order valence-corrected chi connectivity index (χ3v) is 3.30. The predicted molar refractivity (Wildman–Crippen MR) is 76.3 cm³/mol. The lowest BCUT2D eigenvalue weighted by Gasteiger charge is -2.06. The van der Waals surface area contributed by atoms with Gasteiger partial charge in [0.25, 0.3) is 0 Å². The van der Waals surface area contributed by atoms with Crippen LogP contribution in [0.5, 0.6) is 11.6 Å². The molecule has 0 aliphatic carbocycles. The van der Waals surface area contributed by atoms with Crippen LogP contribution in [0, 0.1) is 6.92 Å². The van der Waals surface area contributed by atoms with Gasteiger partial charge in [-0.15, -0.1) is 0 Å². The molecule has 1 aromatic carbocycles. The van der Waals surface area contributed by atoms with Gasteiger partial charge in [-0.05, 0) is 19.1 Å². The van der Waals surface area contributed by atoms with Crippen LogP contribution in [0.3, 0.4) is 0 Å². The number of hydrazine groups is 1. The molecule has 0 unspecified atom stereocenters. The summed E-state index contributed by atoms with van der Waals surface area (Å²) in [4.78, 5) is 19.1. The minimum atomic E-state index is -0.269. The number of thioether (sulfide) groups is 1. The van der Waals surface area contributed by atoms with Crippen LogP contribution in [0.1, 0.15) is 5.56 Å². The van der Waals surface area contributed by atoms with Gasteiger partial charge in [0, 0.05) is 6.07 Å². The first kappa shape index (κ1) is 14.3. The summed E-state index contributed by atoms with van der Waals surface area (Å²) in [6.07, 6.45) is 1.40. The quantitative estimate of drug-likeness (QED) is 0.286. The average Bonchev–Trinajstić information content (AvgIpc) is 2.47. The number of carbonyl (C=O) groups is 1. The second-order valence-electron chi connectivity index (χ2n) is 3.97. The molecule has 2 aromatic rings. The summed E-state index contributed by atoms with van der Waals surface area (Å²) in [5, 5.41) is 0.644. The number of hydrogen-bond donors (Lipinski definition) is 2. The van der Waals surface area contributed by atoms with Crippen LogP contribution < -0.4 is 16.0 Å². The Bertz CT molecular complexity index is 589. The Kier molecular flexibility index (Phi) is 4.91. The number of ether oxygens (including phenoxy) is 1. The van der Waals surface area contributed by atoms with Gasteiger partial charge in [-0.25, -0.2) is 15.8 Å². The molecule has 20 heavy (non-hydrogen) atoms. The van der Waals surface area contributed by atoms with E-state index >= 15 is 0 Å². The van der Waals surface area contributed by atoms with Crippen molar-refractivity contribution in [2.45, 2.75) is 11.9 Å². The van der Waals surface area contributed by atoms with Crippen molar-refractivity contribution in [2.24, 2.45) is 5.84 Å². The lowest BCUT2D eigenvalue weighted by molar-refractivity contribution is -0.118. The number of nitrogens with one attached hydrogen (secondary N) is 1. The third kappa shape index (κ3) is 4.22. The molecule has 0 atom stereocenters. The first-order valence-electron chi connectivity index (χ1n) is 5.86. The molecule has 104 valence electrons. The Labute approximate surface area is 120 Å². The molecular formula is C13H14N4O2S. The highest BCUT2D eigenvalue weighted by Crippen LogP contribution is 2.23. The highest BCUT2D eigenvalue weighted by Gasteiger charge is 2.05. The fourth-order valence-corrected chi connectivity index (χ4v) is 2.03. The fourth-order valence-electron chi connectivity index (χ4n) is 1.37. The van der Waals surface area contributed by atoms with Crippen molar-refractivity contribution in [3.05, 3.63) is 42.2 Å². The standard InChI is InChI=1S/C13H14N4O2S/c1-9-2-4-10(5-3-9)19-12-6-13(16-8-15-12)20-7-11(18)17-14/h2-6,8H,7,14H2,1H3,(H,17,18). The Balaban J connectivity index is 2.02. The molecule has 0 saturated heterocycles. The highest BCUT2D eigenvalue weighted by atomic mass is 32.2. The number of aromatic nitrogens is 2. The number of nitrogens with zero attached hydrogens (tertiary/aromatic N) is 2. The zero-order valence-corrected chi connectivity index (χ0v) is 11.7. The van der Waals surface area contributed by atoms with Gasteiger partial charge < -0.3 is 4.74 Å². The largest absolute Gasteiger partial charge is 0.439 e. The van der Waals surface area contributed by atoms with Crippen LogP contribution >= 0.6 is 11.8 Å². The molecule has 0 spiro atoms. The van der Waals surface area contributed by atoms with Crippen molar-refractivity contribution in [1.82, 2.24) is 15.4 Å². The van der Waals surface area contributed by atoms with Gasteiger partial charge in [0.1, 0.15) is 17.1 Å². The molecule has 0 aliphatic heterocycles. The van der Waals surface area contributed by atoms with Crippen LogP contribution in [0.15, 0.2) is 41.7 Å². The van der Waals surface area contributed by atoms with Gasteiger partial charge in [0.05, 0.1) is 5.75 Å². The molecular weight excluding hydrogens is 276 g/mol. The molecule has 1 aromatic heterocycles. The van der Waals surface area contributed by atoms with Gasteiger partial charge in [0.2, 0.25) is 11.8 Å². The third-order valence-electron chi connectivity index (χ3n) is 2.37. The summed E-state index contributed by atoms with van der Waals surface area (Å²) >= 11 is 1.26. The van der Waals surface area contributed by atoms with Crippen LogP contribution in [0.25, 0.3) is 0 Å². The molecule has 0 saturated carbocycles. The molecule has 6 nitrogen and oxygen atoms in total. The number of carbonyl (C=O) groups excluding carboxylic acids is 1. The van der Waals surface area contributed by atoms with Crippen molar-refractivity contribution in [1.29, 1.82) is 0 Å². The number of rotatable bonds is 5. The summed E-state index contributed by atoms with van der Waals surface area (Å²) < 4.78 is 5.62. The monoisotopic (exact) mass is 290 g/mol. The van der Waals surface area contributed by atoms with Crippen molar-refractivity contribution in [3.63, 3.8) is 0 Å². The number of aryl methyl sites for hydroxylation is 1. The topological polar surface area (TPSA) is 90.1 Å². The van der Waals surface area contributed by atoms with Gasteiger partial charge in [-0.1, -0.05) is 29.5 Å². The number of amides is 1. The SMILES string of the molecule is Cc1ccc(Oc2cc(SCC(=O)NN)ncn2)cc1. The minimum Gasteiger partial charge on any atom is -0.439 e. The van der Waals surface area contributed by atoms with Crippen LogP contribution in [-0.4, -0.2) is 21.6 Å². The molecule has 2 rings (SSSR count). The second-order valence-corrected chi connectivity index (χ2v) is 4.96. The van der Waals surface area contributed by atoms with E-state index in [0.717, 1.165) is 5.56 Å². The molecule has 7 heteroatoms. The van der Waals surface area contributed by atoms with Crippen LogP contribution in [-0.2, 0) is 4.79 Å². The van der Waals surface area contributed by atoms with E-state index < -0.39 is 0 Å². The maximum atomic E-state index is 11.1. The zero-order chi connectivity index (χ0) is 14.4. The van der Waals surface area contributed by atoms with Crippen molar-refractivity contribution in [2.75, 3.05) is 5.75 Å². The Hall–Kier alpha value is -2.12. The first-order valence-corrected chi connectivity index (χ1v) is 6.85. The van der Waals surface area contributed by atoms with Gasteiger partial charge in [-0.2, -0.15) is 0 Å². The van der Waals surface area contributed by atoms with Crippen molar-refractivity contribution in [3.8, 4) is 11.6 Å².